The van der Waals surface area contributed by atoms with Crippen LogP contribution in [-0.4, -0.2) is 5.78 Å². The van der Waals surface area contributed by atoms with Gasteiger partial charge in [-0.2, -0.15) is 0 Å². The topological polar surface area (TPSA) is 17.1 Å². The first-order valence-corrected chi connectivity index (χ1v) is 5.20. The molecule has 0 aromatic carbocycles. The number of Topliss-reactive ketones (excluding diaryl/α,β-unsaturated/α-hetero) is 1. The summed E-state index contributed by atoms with van der Waals surface area (Å²) in [5.41, 5.74) is 0. The third-order valence-corrected chi connectivity index (χ3v) is 2.90. The van der Waals surface area contributed by atoms with E-state index >= 15 is 0 Å². The number of carbonyl (C=O) groups is 1. The Labute approximate surface area is 80.9 Å². The Morgan fingerprint density at radius 1 is 1.62 bits per heavy atom. The monoisotopic (exact) mass is 178 g/mol. The summed E-state index contributed by atoms with van der Waals surface area (Å²) >= 11 is 0. The molecular formula is C12H18O. The standard InChI is InChI=1S/C12H18O/c1-3-4-5-6-11-9-10(2)7-8-12(11)13/h1,10-11H,4-9H2,2H3. The zero-order valence-corrected chi connectivity index (χ0v) is 8.38. The maximum absolute atomic E-state index is 11.5. The van der Waals surface area contributed by atoms with Crippen molar-refractivity contribution >= 4 is 5.78 Å². The van der Waals surface area contributed by atoms with Gasteiger partial charge in [0.2, 0.25) is 0 Å². The Morgan fingerprint density at radius 3 is 3.08 bits per heavy atom. The van der Waals surface area contributed by atoms with Crippen LogP contribution >= 0.6 is 0 Å². The molecule has 2 atom stereocenters. The molecule has 1 nitrogen and oxygen atoms in total. The van der Waals surface area contributed by atoms with Crippen LogP contribution in [0.25, 0.3) is 0 Å². The van der Waals surface area contributed by atoms with Gasteiger partial charge in [-0.05, 0) is 31.6 Å². The molecule has 0 saturated heterocycles. The van der Waals surface area contributed by atoms with Gasteiger partial charge in [-0.15, -0.1) is 12.3 Å². The number of rotatable bonds is 3. The average molecular weight is 178 g/mol. The summed E-state index contributed by atoms with van der Waals surface area (Å²) in [5, 5.41) is 0. The van der Waals surface area contributed by atoms with Crippen LogP contribution in [0.3, 0.4) is 0 Å². The number of carbonyl (C=O) groups excluding carboxylic acids is 1. The minimum absolute atomic E-state index is 0.317. The van der Waals surface area contributed by atoms with Crippen molar-refractivity contribution < 1.29 is 4.79 Å². The molecule has 0 aliphatic heterocycles. The van der Waals surface area contributed by atoms with E-state index in [9.17, 15) is 4.79 Å². The first kappa shape index (κ1) is 10.3. The van der Waals surface area contributed by atoms with Crippen molar-refractivity contribution in [1.82, 2.24) is 0 Å². The van der Waals surface area contributed by atoms with Crippen molar-refractivity contribution in [2.24, 2.45) is 11.8 Å². The van der Waals surface area contributed by atoms with Crippen LogP contribution in [0.5, 0.6) is 0 Å². The van der Waals surface area contributed by atoms with E-state index in [-0.39, 0.29) is 0 Å². The van der Waals surface area contributed by atoms with Crippen molar-refractivity contribution in [3.63, 3.8) is 0 Å². The quantitative estimate of drug-likeness (QED) is 0.480. The van der Waals surface area contributed by atoms with E-state index < -0.39 is 0 Å². The van der Waals surface area contributed by atoms with Crippen molar-refractivity contribution in [3.05, 3.63) is 0 Å². The molecule has 0 bridgehead atoms. The van der Waals surface area contributed by atoms with E-state index in [4.69, 9.17) is 6.42 Å². The fourth-order valence-corrected chi connectivity index (χ4v) is 2.06. The van der Waals surface area contributed by atoms with Crippen molar-refractivity contribution in [2.45, 2.75) is 45.4 Å². The largest absolute Gasteiger partial charge is 0.299 e. The second kappa shape index (κ2) is 5.07. The highest BCUT2D eigenvalue weighted by atomic mass is 16.1. The van der Waals surface area contributed by atoms with Gasteiger partial charge in [-0.1, -0.05) is 6.92 Å². The van der Waals surface area contributed by atoms with E-state index in [1.54, 1.807) is 0 Å². The van der Waals surface area contributed by atoms with Gasteiger partial charge in [0.1, 0.15) is 5.78 Å². The lowest BCUT2D eigenvalue weighted by Gasteiger charge is -2.25. The zero-order chi connectivity index (χ0) is 9.68. The lowest BCUT2D eigenvalue weighted by Crippen LogP contribution is -2.23. The van der Waals surface area contributed by atoms with Crippen molar-refractivity contribution in [1.29, 1.82) is 0 Å². The highest BCUT2D eigenvalue weighted by Crippen LogP contribution is 2.29. The highest BCUT2D eigenvalue weighted by molar-refractivity contribution is 5.81. The maximum Gasteiger partial charge on any atom is 0.135 e. The van der Waals surface area contributed by atoms with Crippen LogP contribution in [-0.2, 0) is 4.79 Å². The molecule has 0 aromatic rings. The van der Waals surface area contributed by atoms with E-state index in [0.29, 0.717) is 11.7 Å². The molecule has 0 spiro atoms. The van der Waals surface area contributed by atoms with E-state index in [1.807, 2.05) is 0 Å². The minimum Gasteiger partial charge on any atom is -0.299 e. The summed E-state index contributed by atoms with van der Waals surface area (Å²) in [4.78, 5) is 11.5. The van der Waals surface area contributed by atoms with Crippen LogP contribution in [0.1, 0.15) is 45.4 Å². The van der Waals surface area contributed by atoms with Gasteiger partial charge < -0.3 is 0 Å². The van der Waals surface area contributed by atoms with E-state index in [0.717, 1.165) is 44.4 Å². The molecule has 1 rings (SSSR count). The smallest absolute Gasteiger partial charge is 0.135 e. The van der Waals surface area contributed by atoms with Gasteiger partial charge in [0.15, 0.2) is 0 Å². The number of terminal acetylenes is 1. The van der Waals surface area contributed by atoms with Crippen molar-refractivity contribution in [3.8, 4) is 12.3 Å². The Balaban J connectivity index is 2.30. The average Bonchev–Trinajstić information content (AvgIpc) is 2.11. The van der Waals surface area contributed by atoms with Crippen molar-refractivity contribution in [2.75, 3.05) is 0 Å². The SMILES string of the molecule is C#CCCCC1CC(C)CCC1=O. The molecule has 13 heavy (non-hydrogen) atoms. The number of ketones is 1. The van der Waals surface area contributed by atoms with Gasteiger partial charge in [0.05, 0.1) is 0 Å². The molecule has 0 N–H and O–H groups in total. The third-order valence-electron chi connectivity index (χ3n) is 2.90. The first-order chi connectivity index (χ1) is 6.24. The Bertz CT molecular complexity index is 212. The molecule has 0 radical (unpaired) electrons. The summed E-state index contributed by atoms with van der Waals surface area (Å²) in [6, 6.07) is 0. The second-order valence-electron chi connectivity index (χ2n) is 4.14. The summed E-state index contributed by atoms with van der Waals surface area (Å²) in [5.74, 6) is 4.14. The summed E-state index contributed by atoms with van der Waals surface area (Å²) < 4.78 is 0. The maximum atomic E-state index is 11.5. The fraction of sp³-hybridized carbons (Fsp3) is 0.750. The Hall–Kier alpha value is -0.770. The van der Waals surface area contributed by atoms with Gasteiger partial charge in [-0.3, -0.25) is 4.79 Å². The number of hydrogen-bond acceptors (Lipinski definition) is 1. The van der Waals surface area contributed by atoms with E-state index in [1.165, 1.54) is 0 Å². The summed E-state index contributed by atoms with van der Waals surface area (Å²) in [6.07, 6.45) is 11.0. The zero-order valence-electron chi connectivity index (χ0n) is 8.38. The molecule has 0 aromatic heterocycles. The molecule has 1 aliphatic carbocycles. The van der Waals surface area contributed by atoms with Crippen LogP contribution in [0.2, 0.25) is 0 Å². The first-order valence-electron chi connectivity index (χ1n) is 5.20. The third kappa shape index (κ3) is 3.22. The molecule has 72 valence electrons. The Kier molecular flexibility index (Phi) is 4.02. The highest BCUT2D eigenvalue weighted by Gasteiger charge is 2.25. The minimum atomic E-state index is 0.317. The lowest BCUT2D eigenvalue weighted by molar-refractivity contribution is -0.125. The number of hydrogen-bond donors (Lipinski definition) is 0. The molecular weight excluding hydrogens is 160 g/mol. The fourth-order valence-electron chi connectivity index (χ4n) is 2.06. The van der Waals surface area contributed by atoms with Gasteiger partial charge in [0, 0.05) is 18.8 Å². The van der Waals surface area contributed by atoms with Gasteiger partial charge in [0.25, 0.3) is 0 Å². The van der Waals surface area contributed by atoms with Crippen LogP contribution in [0, 0.1) is 24.2 Å². The van der Waals surface area contributed by atoms with Crippen LogP contribution < -0.4 is 0 Å². The summed E-state index contributed by atoms with van der Waals surface area (Å²) in [7, 11) is 0. The molecule has 2 unspecified atom stereocenters. The van der Waals surface area contributed by atoms with Gasteiger partial charge >= 0.3 is 0 Å². The predicted octanol–water partition coefficient (Wildman–Crippen LogP) is 2.80. The molecule has 0 heterocycles. The summed E-state index contributed by atoms with van der Waals surface area (Å²) in [6.45, 7) is 2.24. The second-order valence-corrected chi connectivity index (χ2v) is 4.14. The van der Waals surface area contributed by atoms with Crippen LogP contribution in [0.4, 0.5) is 0 Å². The normalized spacial score (nSPS) is 28.5. The molecule has 1 heteroatoms. The lowest BCUT2D eigenvalue weighted by atomic mass is 9.79. The molecule has 1 fully saturated rings. The van der Waals surface area contributed by atoms with Gasteiger partial charge in [-0.25, -0.2) is 0 Å². The predicted molar refractivity (Wildman–Crippen MR) is 54.2 cm³/mol. The Morgan fingerprint density at radius 2 is 2.38 bits per heavy atom. The van der Waals surface area contributed by atoms with E-state index in [2.05, 4.69) is 12.8 Å². The molecule has 1 aliphatic rings. The molecule has 1 saturated carbocycles. The molecule has 0 amide bonds. The van der Waals surface area contributed by atoms with Crippen LogP contribution in [0.15, 0.2) is 0 Å². The number of unbranched alkanes of at least 4 members (excludes halogenated alkanes) is 1.